The van der Waals surface area contributed by atoms with E-state index in [-0.39, 0.29) is 6.61 Å². The fourth-order valence-corrected chi connectivity index (χ4v) is 1.69. The quantitative estimate of drug-likeness (QED) is 0.775. The fraction of sp³-hybridized carbons (Fsp3) is 0.462. The van der Waals surface area contributed by atoms with Crippen molar-refractivity contribution >= 4 is 0 Å². The van der Waals surface area contributed by atoms with Crippen molar-refractivity contribution in [1.82, 2.24) is 4.90 Å². The molecule has 0 fully saturated rings. The van der Waals surface area contributed by atoms with Crippen LogP contribution in [0.25, 0.3) is 0 Å². The number of para-hydroxylation sites is 1. The van der Waals surface area contributed by atoms with Crippen molar-refractivity contribution in [2.75, 3.05) is 26.8 Å². The van der Waals surface area contributed by atoms with Gasteiger partial charge in [-0.3, -0.25) is 4.90 Å². The van der Waals surface area contributed by atoms with Gasteiger partial charge in [-0.15, -0.1) is 0 Å². The van der Waals surface area contributed by atoms with E-state index in [0.717, 1.165) is 11.3 Å². The zero-order valence-electron chi connectivity index (χ0n) is 10.1. The third kappa shape index (κ3) is 4.43. The highest BCUT2D eigenvalue weighted by molar-refractivity contribution is 5.33. The molecule has 0 aliphatic heterocycles. The van der Waals surface area contributed by atoms with Gasteiger partial charge in [0, 0.05) is 31.6 Å². The lowest BCUT2D eigenvalue weighted by Crippen LogP contribution is -2.27. The van der Waals surface area contributed by atoms with Gasteiger partial charge in [0.1, 0.15) is 5.75 Å². The molecular weight excluding hydrogens is 216 g/mol. The molecule has 17 heavy (non-hydrogen) atoms. The summed E-state index contributed by atoms with van der Waals surface area (Å²) in [5.74, 6) is 0.840. The van der Waals surface area contributed by atoms with Crippen molar-refractivity contribution in [2.24, 2.45) is 0 Å². The second-order valence-corrected chi connectivity index (χ2v) is 3.72. The molecule has 0 atom stereocenters. The second-order valence-electron chi connectivity index (χ2n) is 3.72. The first-order chi connectivity index (χ1) is 8.31. The van der Waals surface area contributed by atoms with Gasteiger partial charge in [0.25, 0.3) is 0 Å². The zero-order chi connectivity index (χ0) is 12.5. The van der Waals surface area contributed by atoms with Crippen molar-refractivity contribution in [2.45, 2.75) is 13.0 Å². The average Bonchev–Trinajstić information content (AvgIpc) is 2.37. The van der Waals surface area contributed by atoms with Gasteiger partial charge >= 0.3 is 0 Å². The van der Waals surface area contributed by atoms with Gasteiger partial charge in [-0.25, -0.2) is 0 Å². The smallest absolute Gasteiger partial charge is 0.123 e. The van der Waals surface area contributed by atoms with Crippen molar-refractivity contribution in [3.05, 3.63) is 29.8 Å². The van der Waals surface area contributed by atoms with Gasteiger partial charge in [-0.1, -0.05) is 18.2 Å². The molecule has 0 aliphatic carbocycles. The Kier molecular flexibility index (Phi) is 6.08. The SMILES string of the molecule is COc1ccccc1CN(CCO)CCC#N. The summed E-state index contributed by atoms with van der Waals surface area (Å²) in [5.41, 5.74) is 1.07. The Morgan fingerprint density at radius 1 is 1.35 bits per heavy atom. The summed E-state index contributed by atoms with van der Waals surface area (Å²) in [7, 11) is 1.64. The number of ether oxygens (including phenoxy) is 1. The number of nitriles is 1. The van der Waals surface area contributed by atoms with Crippen molar-refractivity contribution in [3.63, 3.8) is 0 Å². The predicted molar refractivity (Wildman–Crippen MR) is 65.6 cm³/mol. The van der Waals surface area contributed by atoms with Crippen LogP contribution in [0.1, 0.15) is 12.0 Å². The Hall–Kier alpha value is -1.57. The Morgan fingerprint density at radius 3 is 2.76 bits per heavy atom. The fourth-order valence-electron chi connectivity index (χ4n) is 1.69. The van der Waals surface area contributed by atoms with E-state index in [9.17, 15) is 0 Å². The highest BCUT2D eigenvalue weighted by atomic mass is 16.5. The van der Waals surface area contributed by atoms with E-state index in [1.165, 1.54) is 0 Å². The topological polar surface area (TPSA) is 56.5 Å². The first-order valence-corrected chi connectivity index (χ1v) is 5.64. The zero-order valence-corrected chi connectivity index (χ0v) is 10.1. The lowest BCUT2D eigenvalue weighted by molar-refractivity contribution is 0.191. The van der Waals surface area contributed by atoms with Crippen LogP contribution in [-0.2, 0) is 6.54 Å². The van der Waals surface area contributed by atoms with Crippen LogP contribution in [0.15, 0.2) is 24.3 Å². The Balaban J connectivity index is 2.67. The van der Waals surface area contributed by atoms with Crippen molar-refractivity contribution in [3.8, 4) is 11.8 Å². The molecule has 0 bridgehead atoms. The molecular formula is C13H18N2O2. The molecule has 0 amide bonds. The summed E-state index contributed by atoms with van der Waals surface area (Å²) < 4.78 is 5.27. The number of benzene rings is 1. The maximum absolute atomic E-state index is 8.98. The molecule has 4 heteroatoms. The third-order valence-corrected chi connectivity index (χ3v) is 2.54. The van der Waals surface area contributed by atoms with Crippen LogP contribution >= 0.6 is 0 Å². The average molecular weight is 234 g/mol. The van der Waals surface area contributed by atoms with Crippen LogP contribution in [0, 0.1) is 11.3 Å². The molecule has 92 valence electrons. The molecule has 1 aromatic rings. The summed E-state index contributed by atoms with van der Waals surface area (Å²) in [4.78, 5) is 2.04. The Morgan fingerprint density at radius 2 is 2.12 bits per heavy atom. The van der Waals surface area contributed by atoms with E-state index in [1.807, 2.05) is 29.2 Å². The number of hydrogen-bond acceptors (Lipinski definition) is 4. The van der Waals surface area contributed by atoms with Gasteiger partial charge in [-0.05, 0) is 6.07 Å². The van der Waals surface area contributed by atoms with Crippen LogP contribution < -0.4 is 4.74 Å². The minimum absolute atomic E-state index is 0.0978. The second kappa shape index (κ2) is 7.66. The molecule has 1 aromatic carbocycles. The number of methoxy groups -OCH3 is 1. The van der Waals surface area contributed by atoms with E-state index in [1.54, 1.807) is 7.11 Å². The van der Waals surface area contributed by atoms with Crippen LogP contribution in [0.4, 0.5) is 0 Å². The predicted octanol–water partition coefficient (Wildman–Crippen LogP) is 1.40. The van der Waals surface area contributed by atoms with Gasteiger partial charge in [-0.2, -0.15) is 5.26 Å². The standard InChI is InChI=1S/C13H18N2O2/c1-17-13-6-3-2-5-12(13)11-15(9-10-16)8-4-7-14/h2-3,5-6,16H,4,8-11H2,1H3. The van der Waals surface area contributed by atoms with E-state index < -0.39 is 0 Å². The largest absolute Gasteiger partial charge is 0.496 e. The summed E-state index contributed by atoms with van der Waals surface area (Å²) in [6.45, 7) is 2.02. The van der Waals surface area contributed by atoms with Crippen molar-refractivity contribution < 1.29 is 9.84 Å². The lowest BCUT2D eigenvalue weighted by atomic mass is 10.2. The molecule has 0 heterocycles. The number of rotatable bonds is 7. The van der Waals surface area contributed by atoms with Crippen LogP contribution in [0.2, 0.25) is 0 Å². The van der Waals surface area contributed by atoms with E-state index in [4.69, 9.17) is 15.1 Å². The van der Waals surface area contributed by atoms with Crippen LogP contribution in [-0.4, -0.2) is 36.8 Å². The molecule has 4 nitrogen and oxygen atoms in total. The maximum Gasteiger partial charge on any atom is 0.123 e. The van der Waals surface area contributed by atoms with Gasteiger partial charge < -0.3 is 9.84 Å². The number of nitrogens with zero attached hydrogens (tertiary/aromatic N) is 2. The monoisotopic (exact) mass is 234 g/mol. The molecule has 0 spiro atoms. The Labute approximate surface area is 102 Å². The van der Waals surface area contributed by atoms with Gasteiger partial charge in [0.05, 0.1) is 19.8 Å². The first-order valence-electron chi connectivity index (χ1n) is 5.64. The summed E-state index contributed by atoms with van der Waals surface area (Å²) in [6.07, 6.45) is 0.467. The maximum atomic E-state index is 8.98. The Bertz CT molecular complexity index is 374. The van der Waals surface area contributed by atoms with E-state index in [2.05, 4.69) is 6.07 Å². The van der Waals surface area contributed by atoms with Crippen molar-refractivity contribution in [1.29, 1.82) is 5.26 Å². The molecule has 0 saturated carbocycles. The normalized spacial score (nSPS) is 10.2. The van der Waals surface area contributed by atoms with Crippen LogP contribution in [0.3, 0.4) is 0 Å². The number of aliphatic hydroxyl groups is 1. The molecule has 0 unspecified atom stereocenters. The molecule has 0 saturated heterocycles. The number of hydrogen-bond donors (Lipinski definition) is 1. The summed E-state index contributed by atoms with van der Waals surface area (Å²) in [5, 5.41) is 17.6. The minimum Gasteiger partial charge on any atom is -0.496 e. The van der Waals surface area contributed by atoms with Gasteiger partial charge in [0.2, 0.25) is 0 Å². The first kappa shape index (κ1) is 13.5. The third-order valence-electron chi connectivity index (χ3n) is 2.54. The van der Waals surface area contributed by atoms with Crippen LogP contribution in [0.5, 0.6) is 5.75 Å². The summed E-state index contributed by atoms with van der Waals surface area (Å²) >= 11 is 0. The van der Waals surface area contributed by atoms with Gasteiger partial charge in [0.15, 0.2) is 0 Å². The molecule has 0 aromatic heterocycles. The van der Waals surface area contributed by atoms with E-state index >= 15 is 0 Å². The molecule has 0 aliphatic rings. The number of aliphatic hydroxyl groups excluding tert-OH is 1. The molecule has 1 rings (SSSR count). The minimum atomic E-state index is 0.0978. The molecule has 1 N–H and O–H groups in total. The highest BCUT2D eigenvalue weighted by Gasteiger charge is 2.08. The van der Waals surface area contributed by atoms with E-state index in [0.29, 0.717) is 26.1 Å². The summed E-state index contributed by atoms with van der Waals surface area (Å²) in [6, 6.07) is 9.91. The highest BCUT2D eigenvalue weighted by Crippen LogP contribution is 2.19. The lowest BCUT2D eigenvalue weighted by Gasteiger charge is -2.21. The molecule has 0 radical (unpaired) electrons.